The van der Waals surface area contributed by atoms with E-state index in [2.05, 4.69) is 25.5 Å². The summed E-state index contributed by atoms with van der Waals surface area (Å²) in [6, 6.07) is 3.28. The van der Waals surface area contributed by atoms with E-state index >= 15 is 0 Å². The van der Waals surface area contributed by atoms with Gasteiger partial charge in [0, 0.05) is 12.4 Å². The molecule has 0 aliphatic heterocycles. The lowest BCUT2D eigenvalue weighted by Gasteiger charge is -2.05. The van der Waals surface area contributed by atoms with Crippen LogP contribution >= 0.6 is 0 Å². The summed E-state index contributed by atoms with van der Waals surface area (Å²) in [5.41, 5.74) is -0.169. The van der Waals surface area contributed by atoms with Gasteiger partial charge >= 0.3 is 0 Å². The minimum absolute atomic E-state index is 0.0140. The fraction of sp³-hybridized carbons (Fsp3) is 0.0714. The molecule has 116 valence electrons. The van der Waals surface area contributed by atoms with E-state index in [-0.39, 0.29) is 18.2 Å². The number of aromatic nitrogens is 4. The van der Waals surface area contributed by atoms with Crippen molar-refractivity contribution >= 4 is 11.6 Å². The SMILES string of the molecule is O=C(Cc1nnc(-c2cnccn2)o1)Nc1c(F)cccc1F. The molecule has 3 rings (SSSR count). The van der Waals surface area contributed by atoms with Gasteiger partial charge in [-0.1, -0.05) is 6.07 Å². The average Bonchev–Trinajstić information content (AvgIpc) is 3.00. The highest BCUT2D eigenvalue weighted by atomic mass is 19.1. The standard InChI is InChI=1S/C14H9F2N5O2/c15-8-2-1-3-9(16)13(8)19-11(22)6-12-20-21-14(23-12)10-7-17-4-5-18-10/h1-5,7H,6H2,(H,19,22). The van der Waals surface area contributed by atoms with Crippen molar-refractivity contribution in [1.29, 1.82) is 0 Å². The Kier molecular flexibility index (Phi) is 4.00. The first-order valence-corrected chi connectivity index (χ1v) is 6.46. The van der Waals surface area contributed by atoms with Crippen molar-refractivity contribution in [3.05, 3.63) is 54.3 Å². The molecule has 0 aliphatic carbocycles. The predicted octanol–water partition coefficient (Wildman–Crippen LogP) is 1.99. The molecular formula is C14H9F2N5O2. The van der Waals surface area contributed by atoms with E-state index in [1.165, 1.54) is 24.7 Å². The summed E-state index contributed by atoms with van der Waals surface area (Å²) in [5.74, 6) is -2.35. The molecule has 0 bridgehead atoms. The Balaban J connectivity index is 1.70. The van der Waals surface area contributed by atoms with Gasteiger partial charge in [0.2, 0.25) is 11.8 Å². The van der Waals surface area contributed by atoms with Crippen LogP contribution in [0, 0.1) is 11.6 Å². The number of amides is 1. The molecule has 1 aromatic carbocycles. The van der Waals surface area contributed by atoms with Crippen molar-refractivity contribution in [2.75, 3.05) is 5.32 Å². The fourth-order valence-electron chi connectivity index (χ4n) is 1.78. The summed E-state index contributed by atoms with van der Waals surface area (Å²) >= 11 is 0. The molecule has 0 atom stereocenters. The van der Waals surface area contributed by atoms with E-state index in [9.17, 15) is 13.6 Å². The fourth-order valence-corrected chi connectivity index (χ4v) is 1.78. The minimum Gasteiger partial charge on any atom is -0.419 e. The zero-order valence-electron chi connectivity index (χ0n) is 11.5. The third kappa shape index (κ3) is 3.34. The van der Waals surface area contributed by atoms with Crippen LogP contribution in [0.3, 0.4) is 0 Å². The summed E-state index contributed by atoms with van der Waals surface area (Å²) in [4.78, 5) is 19.7. The van der Waals surface area contributed by atoms with E-state index in [1.807, 2.05) is 0 Å². The maximum Gasteiger partial charge on any atom is 0.267 e. The first-order valence-electron chi connectivity index (χ1n) is 6.46. The highest BCUT2D eigenvalue weighted by Crippen LogP contribution is 2.19. The number of para-hydroxylation sites is 1. The molecule has 3 aromatic rings. The second-order valence-electron chi connectivity index (χ2n) is 4.41. The molecular weight excluding hydrogens is 308 g/mol. The smallest absolute Gasteiger partial charge is 0.267 e. The molecule has 7 nitrogen and oxygen atoms in total. The summed E-state index contributed by atoms with van der Waals surface area (Å²) in [7, 11) is 0. The van der Waals surface area contributed by atoms with Crippen LogP contribution in [-0.4, -0.2) is 26.1 Å². The molecule has 0 saturated heterocycles. The van der Waals surface area contributed by atoms with Gasteiger partial charge in [-0.2, -0.15) is 0 Å². The van der Waals surface area contributed by atoms with E-state index in [0.717, 1.165) is 12.1 Å². The number of nitrogens with one attached hydrogen (secondary N) is 1. The molecule has 0 aliphatic rings. The van der Waals surface area contributed by atoms with Crippen molar-refractivity contribution in [3.8, 4) is 11.6 Å². The Morgan fingerprint density at radius 3 is 2.65 bits per heavy atom. The van der Waals surface area contributed by atoms with E-state index in [1.54, 1.807) is 0 Å². The highest BCUT2D eigenvalue weighted by molar-refractivity contribution is 5.92. The van der Waals surface area contributed by atoms with Crippen molar-refractivity contribution < 1.29 is 18.0 Å². The second-order valence-corrected chi connectivity index (χ2v) is 4.41. The summed E-state index contributed by atoms with van der Waals surface area (Å²) in [6.45, 7) is 0. The van der Waals surface area contributed by atoms with Crippen molar-refractivity contribution in [3.63, 3.8) is 0 Å². The van der Waals surface area contributed by atoms with Gasteiger partial charge in [-0.25, -0.2) is 13.8 Å². The lowest BCUT2D eigenvalue weighted by molar-refractivity contribution is -0.115. The van der Waals surface area contributed by atoms with Gasteiger partial charge in [0.25, 0.3) is 5.89 Å². The lowest BCUT2D eigenvalue weighted by Crippen LogP contribution is -2.16. The molecule has 23 heavy (non-hydrogen) atoms. The topological polar surface area (TPSA) is 93.8 Å². The predicted molar refractivity (Wildman–Crippen MR) is 74.0 cm³/mol. The highest BCUT2D eigenvalue weighted by Gasteiger charge is 2.16. The number of carbonyl (C=O) groups excluding carboxylic acids is 1. The van der Waals surface area contributed by atoms with Crippen LogP contribution in [0.5, 0.6) is 0 Å². The molecule has 2 aromatic heterocycles. The van der Waals surface area contributed by atoms with Gasteiger partial charge in [-0.15, -0.1) is 10.2 Å². The van der Waals surface area contributed by atoms with E-state index in [4.69, 9.17) is 4.42 Å². The van der Waals surface area contributed by atoms with E-state index < -0.39 is 23.2 Å². The Morgan fingerprint density at radius 2 is 1.96 bits per heavy atom. The van der Waals surface area contributed by atoms with Gasteiger partial charge in [0.1, 0.15) is 29.4 Å². The zero-order valence-corrected chi connectivity index (χ0v) is 11.5. The number of carbonyl (C=O) groups is 1. The molecule has 1 amide bonds. The lowest BCUT2D eigenvalue weighted by atomic mass is 10.2. The molecule has 1 N–H and O–H groups in total. The Labute approximate surface area is 128 Å². The Morgan fingerprint density at radius 1 is 1.17 bits per heavy atom. The van der Waals surface area contributed by atoms with Gasteiger partial charge in [-0.05, 0) is 12.1 Å². The second kappa shape index (κ2) is 6.26. The summed E-state index contributed by atoms with van der Waals surface area (Å²) < 4.78 is 32.2. The van der Waals surface area contributed by atoms with Crippen LogP contribution < -0.4 is 5.32 Å². The number of nitrogens with zero attached hydrogens (tertiary/aromatic N) is 4. The first kappa shape index (κ1) is 14.7. The van der Waals surface area contributed by atoms with Crippen LogP contribution in [0.1, 0.15) is 5.89 Å². The number of hydrogen-bond acceptors (Lipinski definition) is 6. The summed E-state index contributed by atoms with van der Waals surface area (Å²) in [5, 5.41) is 9.55. The Bertz CT molecular complexity index is 818. The van der Waals surface area contributed by atoms with Crippen LogP contribution in [0.25, 0.3) is 11.6 Å². The van der Waals surface area contributed by atoms with Gasteiger partial charge in [0.15, 0.2) is 0 Å². The molecule has 2 heterocycles. The number of benzene rings is 1. The third-order valence-corrected chi connectivity index (χ3v) is 2.79. The maximum atomic E-state index is 13.5. The average molecular weight is 317 g/mol. The number of rotatable bonds is 4. The van der Waals surface area contributed by atoms with Crippen molar-refractivity contribution in [2.24, 2.45) is 0 Å². The molecule has 9 heteroatoms. The van der Waals surface area contributed by atoms with Crippen LogP contribution in [0.4, 0.5) is 14.5 Å². The summed E-state index contributed by atoms with van der Waals surface area (Å²) in [6.07, 6.45) is 4.02. The normalized spacial score (nSPS) is 10.5. The number of halogens is 2. The van der Waals surface area contributed by atoms with Crippen LogP contribution in [0.15, 0.2) is 41.2 Å². The van der Waals surface area contributed by atoms with Crippen LogP contribution in [-0.2, 0) is 11.2 Å². The quantitative estimate of drug-likeness (QED) is 0.791. The molecule has 0 saturated carbocycles. The zero-order chi connectivity index (χ0) is 16.2. The van der Waals surface area contributed by atoms with Gasteiger partial charge in [-0.3, -0.25) is 9.78 Å². The molecule has 0 fully saturated rings. The number of hydrogen-bond donors (Lipinski definition) is 1. The van der Waals surface area contributed by atoms with Crippen molar-refractivity contribution in [1.82, 2.24) is 20.2 Å². The van der Waals surface area contributed by atoms with Crippen LogP contribution in [0.2, 0.25) is 0 Å². The Hall–Kier alpha value is -3.23. The van der Waals surface area contributed by atoms with Gasteiger partial charge in [0.05, 0.1) is 6.20 Å². The van der Waals surface area contributed by atoms with E-state index in [0.29, 0.717) is 5.69 Å². The number of anilines is 1. The van der Waals surface area contributed by atoms with Gasteiger partial charge < -0.3 is 9.73 Å². The first-order chi connectivity index (χ1) is 11.1. The maximum absolute atomic E-state index is 13.5. The molecule has 0 unspecified atom stereocenters. The molecule has 0 spiro atoms. The third-order valence-electron chi connectivity index (χ3n) is 2.79. The van der Waals surface area contributed by atoms with Crippen molar-refractivity contribution in [2.45, 2.75) is 6.42 Å². The minimum atomic E-state index is -0.871. The largest absolute Gasteiger partial charge is 0.419 e. The monoisotopic (exact) mass is 317 g/mol. The molecule has 0 radical (unpaired) electrons.